The average molecular weight is 264 g/mol. The zero-order valence-corrected chi connectivity index (χ0v) is 9.81. The minimum Gasteiger partial charge on any atom is -0.481 e. The molecule has 2 nitrogen and oxygen atoms in total. The van der Waals surface area contributed by atoms with Gasteiger partial charge in [0, 0.05) is 0 Å². The molecule has 0 aliphatic heterocycles. The largest absolute Gasteiger partial charge is 0.481 e. The molecule has 0 atom stereocenters. The molecule has 0 aliphatic carbocycles. The molecule has 100 valence electrons. The van der Waals surface area contributed by atoms with Gasteiger partial charge in [-0.1, -0.05) is 12.1 Å². The zero-order valence-electron chi connectivity index (χ0n) is 9.81. The molecule has 0 heterocycles. The molecular weight excluding hydrogens is 252 g/mol. The highest BCUT2D eigenvalue weighted by Crippen LogP contribution is 2.36. The lowest BCUT2D eigenvalue weighted by Crippen LogP contribution is -2.27. The second-order valence-electron chi connectivity index (χ2n) is 4.64. The van der Waals surface area contributed by atoms with Gasteiger partial charge in [0.25, 0.3) is 0 Å². The number of rotatable bonds is 3. The highest BCUT2D eigenvalue weighted by molar-refractivity contribution is 5.74. The fourth-order valence-corrected chi connectivity index (χ4v) is 1.59. The SMILES string of the molecule is CC(C)(Cc1cccc(F)c1C(F)(F)F)C(=O)O. The van der Waals surface area contributed by atoms with E-state index in [0.717, 1.165) is 12.1 Å². The maximum Gasteiger partial charge on any atom is 0.419 e. The Morgan fingerprint density at radius 1 is 1.28 bits per heavy atom. The summed E-state index contributed by atoms with van der Waals surface area (Å²) in [5.41, 5.74) is -3.14. The fraction of sp³-hybridized carbons (Fsp3) is 0.417. The van der Waals surface area contributed by atoms with Crippen molar-refractivity contribution in [2.45, 2.75) is 26.4 Å². The molecule has 1 aromatic rings. The Labute approximate surface area is 101 Å². The van der Waals surface area contributed by atoms with Crippen LogP contribution in [0.5, 0.6) is 0 Å². The molecule has 0 aliphatic rings. The fourth-order valence-electron chi connectivity index (χ4n) is 1.59. The maximum absolute atomic E-state index is 13.3. The number of carbonyl (C=O) groups is 1. The quantitative estimate of drug-likeness (QED) is 0.848. The van der Waals surface area contributed by atoms with Crippen molar-refractivity contribution in [3.05, 3.63) is 35.1 Å². The van der Waals surface area contributed by atoms with Crippen LogP contribution in [0.4, 0.5) is 17.6 Å². The molecule has 0 radical (unpaired) electrons. The summed E-state index contributed by atoms with van der Waals surface area (Å²) >= 11 is 0. The average Bonchev–Trinajstić information content (AvgIpc) is 2.14. The summed E-state index contributed by atoms with van der Waals surface area (Å²) in [6.45, 7) is 2.58. The number of alkyl halides is 3. The molecule has 0 fully saturated rings. The van der Waals surface area contributed by atoms with Crippen LogP contribution in [0.1, 0.15) is 25.0 Å². The lowest BCUT2D eigenvalue weighted by Gasteiger charge is -2.22. The van der Waals surface area contributed by atoms with Gasteiger partial charge in [0.15, 0.2) is 0 Å². The third kappa shape index (κ3) is 3.00. The minimum atomic E-state index is -4.84. The molecule has 1 rings (SSSR count). The van der Waals surface area contributed by atoms with Crippen LogP contribution < -0.4 is 0 Å². The van der Waals surface area contributed by atoms with E-state index < -0.39 is 35.4 Å². The second-order valence-corrected chi connectivity index (χ2v) is 4.64. The zero-order chi connectivity index (χ0) is 14.1. The standard InChI is InChI=1S/C12H12F4O2/c1-11(2,10(17)18)6-7-4-3-5-8(13)9(7)12(14,15)16/h3-5H,6H2,1-2H3,(H,17,18). The van der Waals surface area contributed by atoms with Crippen molar-refractivity contribution in [3.8, 4) is 0 Å². The molecule has 6 heteroatoms. The molecule has 18 heavy (non-hydrogen) atoms. The van der Waals surface area contributed by atoms with Crippen LogP contribution in [0, 0.1) is 11.2 Å². The minimum absolute atomic E-state index is 0.352. The number of halogens is 4. The Morgan fingerprint density at radius 3 is 2.28 bits per heavy atom. The van der Waals surface area contributed by atoms with Gasteiger partial charge in [0.05, 0.1) is 11.0 Å². The van der Waals surface area contributed by atoms with Gasteiger partial charge >= 0.3 is 12.1 Å². The summed E-state index contributed by atoms with van der Waals surface area (Å²) in [6, 6.07) is 2.94. The molecular formula is C12H12F4O2. The summed E-state index contributed by atoms with van der Waals surface area (Å²) in [5.74, 6) is -2.62. The van der Waals surface area contributed by atoms with E-state index in [9.17, 15) is 22.4 Å². The monoisotopic (exact) mass is 264 g/mol. The Hall–Kier alpha value is -1.59. The van der Waals surface area contributed by atoms with Crippen LogP contribution in [-0.2, 0) is 17.4 Å². The smallest absolute Gasteiger partial charge is 0.419 e. The number of hydrogen-bond acceptors (Lipinski definition) is 1. The molecule has 0 spiro atoms. The van der Waals surface area contributed by atoms with Gasteiger partial charge in [0.2, 0.25) is 0 Å². The third-order valence-corrected chi connectivity index (χ3v) is 2.59. The van der Waals surface area contributed by atoms with Gasteiger partial charge in [-0.15, -0.1) is 0 Å². The highest BCUT2D eigenvalue weighted by atomic mass is 19.4. The molecule has 0 saturated carbocycles. The lowest BCUT2D eigenvalue weighted by molar-refractivity contribution is -0.148. The summed E-state index contributed by atoms with van der Waals surface area (Å²) in [6.07, 6.45) is -5.23. The third-order valence-electron chi connectivity index (χ3n) is 2.59. The summed E-state index contributed by atoms with van der Waals surface area (Å²) < 4.78 is 51.3. The van der Waals surface area contributed by atoms with Crippen molar-refractivity contribution in [1.29, 1.82) is 0 Å². The Kier molecular flexibility index (Phi) is 3.69. The number of carboxylic acid groups (broad SMARTS) is 1. The normalized spacial score (nSPS) is 12.6. The predicted octanol–water partition coefficient (Wildman–Crippen LogP) is 3.50. The van der Waals surface area contributed by atoms with E-state index in [1.165, 1.54) is 13.8 Å². The van der Waals surface area contributed by atoms with E-state index >= 15 is 0 Å². The molecule has 0 amide bonds. The van der Waals surface area contributed by atoms with E-state index in [2.05, 4.69) is 0 Å². The van der Waals surface area contributed by atoms with Crippen molar-refractivity contribution in [3.63, 3.8) is 0 Å². The van der Waals surface area contributed by atoms with Crippen LogP contribution >= 0.6 is 0 Å². The first kappa shape index (κ1) is 14.5. The summed E-state index contributed by atoms with van der Waals surface area (Å²) in [4.78, 5) is 10.9. The van der Waals surface area contributed by atoms with E-state index in [1.807, 2.05) is 0 Å². The van der Waals surface area contributed by atoms with Gasteiger partial charge in [-0.2, -0.15) is 13.2 Å². The van der Waals surface area contributed by atoms with Crippen LogP contribution in [0.25, 0.3) is 0 Å². The molecule has 1 aromatic carbocycles. The first-order valence-corrected chi connectivity index (χ1v) is 5.13. The Morgan fingerprint density at radius 2 is 1.83 bits per heavy atom. The molecule has 1 N–H and O–H groups in total. The van der Waals surface area contributed by atoms with E-state index in [-0.39, 0.29) is 5.56 Å². The van der Waals surface area contributed by atoms with Crippen LogP contribution in [0.15, 0.2) is 18.2 Å². The van der Waals surface area contributed by atoms with E-state index in [4.69, 9.17) is 5.11 Å². The van der Waals surface area contributed by atoms with Gasteiger partial charge in [-0.05, 0) is 31.9 Å². The van der Waals surface area contributed by atoms with Gasteiger partial charge < -0.3 is 5.11 Å². The van der Waals surface area contributed by atoms with Crippen LogP contribution in [-0.4, -0.2) is 11.1 Å². The second kappa shape index (κ2) is 4.59. The first-order valence-electron chi connectivity index (χ1n) is 5.13. The molecule has 0 saturated heterocycles. The van der Waals surface area contributed by atoms with E-state index in [0.29, 0.717) is 6.07 Å². The number of benzene rings is 1. The van der Waals surface area contributed by atoms with E-state index in [1.54, 1.807) is 0 Å². The lowest BCUT2D eigenvalue weighted by atomic mass is 9.84. The van der Waals surface area contributed by atoms with Crippen LogP contribution in [0.3, 0.4) is 0 Å². The number of carboxylic acids is 1. The van der Waals surface area contributed by atoms with Crippen LogP contribution in [0.2, 0.25) is 0 Å². The number of aliphatic carboxylic acids is 1. The maximum atomic E-state index is 13.3. The summed E-state index contributed by atoms with van der Waals surface area (Å²) in [5, 5.41) is 8.89. The van der Waals surface area contributed by atoms with Crippen molar-refractivity contribution in [1.82, 2.24) is 0 Å². The highest BCUT2D eigenvalue weighted by Gasteiger charge is 2.39. The van der Waals surface area contributed by atoms with Crippen molar-refractivity contribution in [2.24, 2.45) is 5.41 Å². The van der Waals surface area contributed by atoms with Gasteiger partial charge in [-0.25, -0.2) is 4.39 Å². The van der Waals surface area contributed by atoms with Gasteiger partial charge in [-0.3, -0.25) is 4.79 Å². The first-order chi connectivity index (χ1) is 8.05. The Bertz CT molecular complexity index is 464. The predicted molar refractivity (Wildman–Crippen MR) is 56.5 cm³/mol. The molecule has 0 unspecified atom stereocenters. The van der Waals surface area contributed by atoms with Crippen molar-refractivity contribution < 1.29 is 27.5 Å². The van der Waals surface area contributed by atoms with Crippen molar-refractivity contribution >= 4 is 5.97 Å². The summed E-state index contributed by atoms with van der Waals surface area (Å²) in [7, 11) is 0. The Balaban J connectivity index is 3.27. The van der Waals surface area contributed by atoms with Crippen molar-refractivity contribution in [2.75, 3.05) is 0 Å². The topological polar surface area (TPSA) is 37.3 Å². The number of hydrogen-bond donors (Lipinski definition) is 1. The molecule has 0 bridgehead atoms. The van der Waals surface area contributed by atoms with Gasteiger partial charge in [0.1, 0.15) is 5.82 Å². The molecule has 0 aromatic heterocycles.